The summed E-state index contributed by atoms with van der Waals surface area (Å²) in [5, 5.41) is 13.1. The Bertz CT molecular complexity index is 780. The number of benzene rings is 1. The van der Waals surface area contributed by atoms with Crippen LogP contribution in [0.2, 0.25) is 0 Å². The van der Waals surface area contributed by atoms with Gasteiger partial charge in [-0.2, -0.15) is 0 Å². The van der Waals surface area contributed by atoms with Crippen LogP contribution in [0.3, 0.4) is 0 Å². The topological polar surface area (TPSA) is 71.0 Å². The molecule has 3 fully saturated rings. The number of nitrogens with zero attached hydrogens (tertiary/aromatic N) is 1. The zero-order valence-electron chi connectivity index (χ0n) is 15.5. The number of hydrogen-bond acceptors (Lipinski definition) is 5. The van der Waals surface area contributed by atoms with Gasteiger partial charge in [0.1, 0.15) is 17.6 Å². The highest BCUT2D eigenvalue weighted by molar-refractivity contribution is 5.88. The van der Waals surface area contributed by atoms with E-state index < -0.39 is 11.9 Å². The van der Waals surface area contributed by atoms with Gasteiger partial charge in [-0.15, -0.1) is 0 Å². The molecule has 1 aromatic rings. The predicted octanol–water partition coefficient (Wildman–Crippen LogP) is 1.82. The molecule has 0 aromatic heterocycles. The quantitative estimate of drug-likeness (QED) is 0.862. The molecule has 1 aromatic carbocycles. The molecule has 1 spiro atoms. The molecule has 5 rings (SSSR count). The minimum absolute atomic E-state index is 0.0291. The normalized spacial score (nSPS) is 33.0. The van der Waals surface area contributed by atoms with Gasteiger partial charge in [-0.05, 0) is 45.2 Å². The molecule has 1 atom stereocenters. The van der Waals surface area contributed by atoms with E-state index in [0.29, 0.717) is 0 Å². The number of rotatable bonds is 3. The van der Waals surface area contributed by atoms with Crippen LogP contribution in [0.4, 0.5) is 0 Å². The van der Waals surface area contributed by atoms with Crippen LogP contribution in [0.5, 0.6) is 11.5 Å². The monoisotopic (exact) mass is 358 g/mol. The summed E-state index contributed by atoms with van der Waals surface area (Å²) in [5.41, 5.74) is 1.89. The number of aliphatic hydroxyl groups is 1. The van der Waals surface area contributed by atoms with Crippen molar-refractivity contribution in [2.45, 2.75) is 75.9 Å². The summed E-state index contributed by atoms with van der Waals surface area (Å²) in [6, 6.07) is 4.16. The van der Waals surface area contributed by atoms with Crippen molar-refractivity contribution in [2.24, 2.45) is 0 Å². The van der Waals surface area contributed by atoms with Crippen LogP contribution in [0.15, 0.2) is 12.1 Å². The van der Waals surface area contributed by atoms with Crippen molar-refractivity contribution in [3.8, 4) is 11.5 Å². The fourth-order valence-corrected chi connectivity index (χ4v) is 4.58. The lowest BCUT2D eigenvalue weighted by molar-refractivity contribution is -0.145. The lowest BCUT2D eigenvalue weighted by atomic mass is 9.87. The van der Waals surface area contributed by atoms with Crippen molar-refractivity contribution in [1.29, 1.82) is 0 Å². The second kappa shape index (κ2) is 5.14. The van der Waals surface area contributed by atoms with E-state index in [1.165, 1.54) is 24.0 Å². The SMILES string of the molecule is Cc1ccc(OC2CC(N3C(=O)C(C)(C)NC3O)C2)c2c1OCC21CC1. The van der Waals surface area contributed by atoms with E-state index in [4.69, 9.17) is 9.47 Å². The van der Waals surface area contributed by atoms with E-state index in [1.807, 2.05) is 0 Å². The third kappa shape index (κ3) is 2.21. The van der Waals surface area contributed by atoms with Gasteiger partial charge in [0.15, 0.2) is 6.35 Å². The van der Waals surface area contributed by atoms with Crippen LogP contribution in [0.25, 0.3) is 0 Å². The second-order valence-corrected chi connectivity index (χ2v) is 8.87. The lowest BCUT2D eigenvalue weighted by Crippen LogP contribution is -2.54. The van der Waals surface area contributed by atoms with Gasteiger partial charge in [0, 0.05) is 29.9 Å². The third-order valence-corrected chi connectivity index (χ3v) is 6.47. The zero-order chi connectivity index (χ0) is 18.3. The zero-order valence-corrected chi connectivity index (χ0v) is 15.5. The maximum absolute atomic E-state index is 12.5. The van der Waals surface area contributed by atoms with Gasteiger partial charge in [0.05, 0.1) is 12.1 Å². The Kier molecular flexibility index (Phi) is 3.24. The number of hydrogen-bond donors (Lipinski definition) is 2. The van der Waals surface area contributed by atoms with Crippen molar-refractivity contribution in [1.82, 2.24) is 10.2 Å². The van der Waals surface area contributed by atoms with Gasteiger partial charge >= 0.3 is 0 Å². The molecule has 1 amide bonds. The van der Waals surface area contributed by atoms with Crippen LogP contribution in [0, 0.1) is 6.92 Å². The van der Waals surface area contributed by atoms with Crippen LogP contribution in [-0.4, -0.2) is 46.6 Å². The predicted molar refractivity (Wildman–Crippen MR) is 95.1 cm³/mol. The Hall–Kier alpha value is -1.79. The van der Waals surface area contributed by atoms with E-state index in [9.17, 15) is 9.90 Å². The highest BCUT2D eigenvalue weighted by atomic mass is 16.5. The third-order valence-electron chi connectivity index (χ3n) is 6.47. The first-order chi connectivity index (χ1) is 12.3. The van der Waals surface area contributed by atoms with Crippen LogP contribution in [0.1, 0.15) is 50.7 Å². The lowest BCUT2D eigenvalue weighted by Gasteiger charge is -2.42. The van der Waals surface area contributed by atoms with E-state index in [2.05, 4.69) is 24.4 Å². The van der Waals surface area contributed by atoms with Crippen molar-refractivity contribution < 1.29 is 19.4 Å². The molecule has 6 nitrogen and oxygen atoms in total. The highest BCUT2D eigenvalue weighted by Gasteiger charge is 2.54. The minimum atomic E-state index is -0.907. The number of amides is 1. The van der Waals surface area contributed by atoms with Crippen molar-refractivity contribution in [3.63, 3.8) is 0 Å². The number of carbonyl (C=O) groups is 1. The molecule has 2 heterocycles. The van der Waals surface area contributed by atoms with Crippen molar-refractivity contribution >= 4 is 5.91 Å². The van der Waals surface area contributed by atoms with Gasteiger partial charge in [-0.3, -0.25) is 15.0 Å². The number of nitrogens with one attached hydrogen (secondary N) is 1. The molecule has 6 heteroatoms. The second-order valence-electron chi connectivity index (χ2n) is 8.87. The minimum Gasteiger partial charge on any atom is -0.492 e. The molecule has 0 bridgehead atoms. The summed E-state index contributed by atoms with van der Waals surface area (Å²) in [6.45, 7) is 6.45. The number of aryl methyl sites for hydroxylation is 1. The molecular formula is C20H26N2O4. The standard InChI is InChI=1S/C20H26N2O4/c1-11-4-5-14(15-16(11)25-10-20(15)6-7-20)26-13-8-12(9-13)22-17(23)19(2,3)21-18(22)24/h4-5,12-13,18,21,24H,6-10H2,1-3H3. The smallest absolute Gasteiger partial charge is 0.245 e. The molecule has 1 saturated heterocycles. The van der Waals surface area contributed by atoms with Gasteiger partial charge in [-0.1, -0.05) is 6.07 Å². The fraction of sp³-hybridized carbons (Fsp3) is 0.650. The van der Waals surface area contributed by atoms with E-state index in [1.54, 1.807) is 18.7 Å². The molecule has 1 unspecified atom stereocenters. The molecule has 4 aliphatic rings. The molecule has 0 radical (unpaired) electrons. The summed E-state index contributed by atoms with van der Waals surface area (Å²) in [7, 11) is 0. The summed E-state index contributed by atoms with van der Waals surface area (Å²) in [5.74, 6) is 1.90. The Labute approximate surface area is 153 Å². The summed E-state index contributed by atoms with van der Waals surface area (Å²) >= 11 is 0. The Morgan fingerprint density at radius 1 is 1.31 bits per heavy atom. The van der Waals surface area contributed by atoms with E-state index in [-0.39, 0.29) is 23.5 Å². The molecule has 2 aliphatic heterocycles. The largest absolute Gasteiger partial charge is 0.492 e. The molecule has 2 N–H and O–H groups in total. The maximum atomic E-state index is 12.5. The Morgan fingerprint density at radius 2 is 2.04 bits per heavy atom. The first kappa shape index (κ1) is 16.4. The van der Waals surface area contributed by atoms with Crippen molar-refractivity contribution in [2.75, 3.05) is 6.61 Å². The van der Waals surface area contributed by atoms with E-state index in [0.717, 1.165) is 30.9 Å². The van der Waals surface area contributed by atoms with Gasteiger partial charge in [0.25, 0.3) is 0 Å². The number of ether oxygens (including phenoxy) is 2. The summed E-state index contributed by atoms with van der Waals surface area (Å²) < 4.78 is 12.3. The number of aliphatic hydroxyl groups excluding tert-OH is 1. The Morgan fingerprint density at radius 3 is 2.65 bits per heavy atom. The van der Waals surface area contributed by atoms with Gasteiger partial charge in [0.2, 0.25) is 5.91 Å². The molecule has 2 saturated carbocycles. The summed E-state index contributed by atoms with van der Waals surface area (Å²) in [6.07, 6.45) is 3.00. The van der Waals surface area contributed by atoms with Gasteiger partial charge in [-0.25, -0.2) is 0 Å². The maximum Gasteiger partial charge on any atom is 0.245 e. The molecule has 140 valence electrons. The average molecular weight is 358 g/mol. The highest BCUT2D eigenvalue weighted by Crippen LogP contribution is 2.59. The number of fused-ring (bicyclic) bond motifs is 2. The Balaban J connectivity index is 1.30. The first-order valence-corrected chi connectivity index (χ1v) is 9.53. The fourth-order valence-electron chi connectivity index (χ4n) is 4.58. The first-order valence-electron chi connectivity index (χ1n) is 9.53. The van der Waals surface area contributed by atoms with Gasteiger partial charge < -0.3 is 14.6 Å². The molecular weight excluding hydrogens is 332 g/mol. The van der Waals surface area contributed by atoms with Crippen LogP contribution in [-0.2, 0) is 10.2 Å². The average Bonchev–Trinajstić information content (AvgIpc) is 3.15. The van der Waals surface area contributed by atoms with Crippen molar-refractivity contribution in [3.05, 3.63) is 23.3 Å². The van der Waals surface area contributed by atoms with Crippen LogP contribution >= 0.6 is 0 Å². The summed E-state index contributed by atoms with van der Waals surface area (Å²) in [4.78, 5) is 14.0. The molecule has 26 heavy (non-hydrogen) atoms. The van der Waals surface area contributed by atoms with Crippen LogP contribution < -0.4 is 14.8 Å². The van der Waals surface area contributed by atoms with E-state index >= 15 is 0 Å². The molecule has 2 aliphatic carbocycles. The number of carbonyl (C=O) groups excluding carboxylic acids is 1.